The summed E-state index contributed by atoms with van der Waals surface area (Å²) in [7, 11) is 0. The molecule has 2 heterocycles. The van der Waals surface area contributed by atoms with E-state index in [0.717, 1.165) is 38.4 Å². The third-order valence-electron chi connectivity index (χ3n) is 4.32. The molecule has 0 bridgehead atoms. The Bertz CT molecular complexity index is 676. The van der Waals surface area contributed by atoms with Gasteiger partial charge in [0.15, 0.2) is 0 Å². The van der Waals surface area contributed by atoms with Crippen molar-refractivity contribution in [3.63, 3.8) is 0 Å². The van der Waals surface area contributed by atoms with E-state index in [1.165, 1.54) is 11.1 Å². The Kier molecular flexibility index (Phi) is 4.60. The average molecular weight is 308 g/mol. The number of aryl methyl sites for hydroxylation is 2. The molecule has 4 heteroatoms. The Balaban J connectivity index is 1.66. The average Bonchev–Trinajstić information content (AvgIpc) is 2.62. The molecule has 0 unspecified atom stereocenters. The highest BCUT2D eigenvalue weighted by molar-refractivity contribution is 5.94. The first-order valence-electron chi connectivity index (χ1n) is 8.15. The molecule has 1 fully saturated rings. The molecular formula is C19H22N3O. The van der Waals surface area contributed by atoms with Crippen molar-refractivity contribution in [2.45, 2.75) is 20.3 Å². The molecule has 0 saturated carbocycles. The summed E-state index contributed by atoms with van der Waals surface area (Å²) in [5.74, 6) is 1.11. The van der Waals surface area contributed by atoms with Crippen LogP contribution in [-0.2, 0) is 6.42 Å². The summed E-state index contributed by atoms with van der Waals surface area (Å²) in [6.45, 7) is 7.32. The first kappa shape index (κ1) is 15.5. The molecular weight excluding hydrogens is 286 g/mol. The SMILES string of the molecule is CCc1cnc(N2CCN(C(=O)c3[c]cccc3)CC2)c(C)c1. The molecule has 0 spiro atoms. The predicted molar refractivity (Wildman–Crippen MR) is 91.7 cm³/mol. The van der Waals surface area contributed by atoms with Gasteiger partial charge >= 0.3 is 0 Å². The maximum absolute atomic E-state index is 12.5. The Morgan fingerprint density at radius 3 is 2.65 bits per heavy atom. The maximum atomic E-state index is 12.5. The van der Waals surface area contributed by atoms with Crippen molar-refractivity contribution in [2.75, 3.05) is 31.1 Å². The van der Waals surface area contributed by atoms with Gasteiger partial charge in [0.1, 0.15) is 5.82 Å². The topological polar surface area (TPSA) is 36.4 Å². The van der Waals surface area contributed by atoms with E-state index in [-0.39, 0.29) is 5.91 Å². The summed E-state index contributed by atoms with van der Waals surface area (Å²) in [6, 6.07) is 12.6. The first-order chi connectivity index (χ1) is 11.2. The van der Waals surface area contributed by atoms with Crippen LogP contribution in [0.3, 0.4) is 0 Å². The standard InChI is InChI=1S/C19H22N3O/c1-3-16-13-15(2)18(20-14-16)21-9-11-22(12-10-21)19(23)17-7-5-4-6-8-17/h4-7,13-14H,3,9-12H2,1-2H3. The molecule has 4 nitrogen and oxygen atoms in total. The number of hydrogen-bond acceptors (Lipinski definition) is 3. The maximum Gasteiger partial charge on any atom is 0.254 e. The third-order valence-corrected chi connectivity index (χ3v) is 4.32. The van der Waals surface area contributed by atoms with Crippen molar-refractivity contribution in [1.29, 1.82) is 0 Å². The number of amides is 1. The molecule has 0 aliphatic carbocycles. The van der Waals surface area contributed by atoms with Crippen LogP contribution in [0.15, 0.2) is 36.5 Å². The summed E-state index contributed by atoms with van der Waals surface area (Å²) in [6.07, 6.45) is 2.96. The molecule has 23 heavy (non-hydrogen) atoms. The van der Waals surface area contributed by atoms with E-state index in [9.17, 15) is 4.79 Å². The Labute approximate surface area is 137 Å². The molecule has 1 aromatic carbocycles. The number of hydrogen-bond donors (Lipinski definition) is 0. The Morgan fingerprint density at radius 1 is 1.26 bits per heavy atom. The molecule has 0 atom stereocenters. The number of carbonyl (C=O) groups excluding carboxylic acids is 1. The molecule has 1 aliphatic rings. The van der Waals surface area contributed by atoms with E-state index < -0.39 is 0 Å². The molecule has 3 rings (SSSR count). The van der Waals surface area contributed by atoms with Gasteiger partial charge in [-0.1, -0.05) is 31.2 Å². The van der Waals surface area contributed by atoms with Crippen LogP contribution in [0.1, 0.15) is 28.4 Å². The second-order valence-corrected chi connectivity index (χ2v) is 5.89. The largest absolute Gasteiger partial charge is 0.353 e. The van der Waals surface area contributed by atoms with Crippen molar-refractivity contribution < 1.29 is 4.79 Å². The molecule has 0 N–H and O–H groups in total. The van der Waals surface area contributed by atoms with E-state index >= 15 is 0 Å². The molecule has 1 aromatic heterocycles. The third kappa shape index (κ3) is 3.36. The number of piperazine rings is 1. The quantitative estimate of drug-likeness (QED) is 0.875. The second kappa shape index (κ2) is 6.82. The highest BCUT2D eigenvalue weighted by atomic mass is 16.2. The van der Waals surface area contributed by atoms with Crippen molar-refractivity contribution in [3.8, 4) is 0 Å². The zero-order valence-electron chi connectivity index (χ0n) is 13.7. The van der Waals surface area contributed by atoms with Gasteiger partial charge < -0.3 is 9.80 Å². The fraction of sp³-hybridized carbons (Fsp3) is 0.368. The smallest absolute Gasteiger partial charge is 0.254 e. The lowest BCUT2D eigenvalue weighted by Crippen LogP contribution is -2.49. The fourth-order valence-electron chi connectivity index (χ4n) is 2.97. The van der Waals surface area contributed by atoms with Crippen molar-refractivity contribution in [1.82, 2.24) is 9.88 Å². The van der Waals surface area contributed by atoms with Gasteiger partial charge in [0.25, 0.3) is 5.91 Å². The molecule has 119 valence electrons. The van der Waals surface area contributed by atoms with Crippen molar-refractivity contribution in [3.05, 3.63) is 59.3 Å². The van der Waals surface area contributed by atoms with E-state index in [1.807, 2.05) is 29.3 Å². The number of nitrogens with zero attached hydrogens (tertiary/aromatic N) is 3. The zero-order chi connectivity index (χ0) is 16.2. The Hall–Kier alpha value is -2.36. The fourth-order valence-corrected chi connectivity index (χ4v) is 2.97. The van der Waals surface area contributed by atoms with Crippen LogP contribution in [0.2, 0.25) is 0 Å². The minimum Gasteiger partial charge on any atom is -0.353 e. The number of pyridine rings is 1. The zero-order valence-corrected chi connectivity index (χ0v) is 13.7. The highest BCUT2D eigenvalue weighted by Gasteiger charge is 2.23. The summed E-state index contributed by atoms with van der Waals surface area (Å²) in [5, 5.41) is 0. The molecule has 2 aromatic rings. The van der Waals surface area contributed by atoms with Gasteiger partial charge in [0.05, 0.1) is 0 Å². The van der Waals surface area contributed by atoms with E-state index in [2.05, 4.69) is 35.9 Å². The highest BCUT2D eigenvalue weighted by Crippen LogP contribution is 2.20. The van der Waals surface area contributed by atoms with Gasteiger partial charge in [-0.25, -0.2) is 4.98 Å². The first-order valence-corrected chi connectivity index (χ1v) is 8.15. The number of benzene rings is 1. The summed E-state index contributed by atoms with van der Waals surface area (Å²) < 4.78 is 0. The van der Waals surface area contributed by atoms with Gasteiger partial charge in [-0.05, 0) is 36.6 Å². The predicted octanol–water partition coefficient (Wildman–Crippen LogP) is 2.72. The van der Waals surface area contributed by atoms with Crippen molar-refractivity contribution >= 4 is 11.7 Å². The van der Waals surface area contributed by atoms with Crippen LogP contribution in [0, 0.1) is 13.0 Å². The molecule has 1 saturated heterocycles. The second-order valence-electron chi connectivity index (χ2n) is 5.89. The summed E-state index contributed by atoms with van der Waals surface area (Å²) in [5.41, 5.74) is 3.11. The van der Waals surface area contributed by atoms with Crippen LogP contribution in [0.4, 0.5) is 5.82 Å². The molecule has 1 radical (unpaired) electrons. The number of rotatable bonds is 3. The van der Waals surface area contributed by atoms with E-state index in [0.29, 0.717) is 5.56 Å². The normalized spacial score (nSPS) is 14.9. The van der Waals surface area contributed by atoms with E-state index in [4.69, 9.17) is 0 Å². The molecule has 1 amide bonds. The van der Waals surface area contributed by atoms with Crippen LogP contribution >= 0.6 is 0 Å². The Morgan fingerprint density at radius 2 is 2.04 bits per heavy atom. The van der Waals surface area contributed by atoms with E-state index in [1.54, 1.807) is 6.07 Å². The lowest BCUT2D eigenvalue weighted by Gasteiger charge is -2.36. The van der Waals surface area contributed by atoms with Crippen molar-refractivity contribution in [2.24, 2.45) is 0 Å². The summed E-state index contributed by atoms with van der Waals surface area (Å²) >= 11 is 0. The van der Waals surface area contributed by atoms with Gasteiger partial charge in [0.2, 0.25) is 0 Å². The van der Waals surface area contributed by atoms with Crippen LogP contribution in [0.25, 0.3) is 0 Å². The number of carbonyl (C=O) groups is 1. The van der Waals surface area contributed by atoms with Gasteiger partial charge in [0, 0.05) is 37.9 Å². The minimum absolute atomic E-state index is 0.0660. The van der Waals surface area contributed by atoms with Gasteiger partial charge in [-0.3, -0.25) is 4.79 Å². The molecule has 1 aliphatic heterocycles. The van der Waals surface area contributed by atoms with Crippen LogP contribution in [0.5, 0.6) is 0 Å². The number of aromatic nitrogens is 1. The lowest BCUT2D eigenvalue weighted by molar-refractivity contribution is 0.0746. The lowest BCUT2D eigenvalue weighted by atomic mass is 10.1. The van der Waals surface area contributed by atoms with Crippen LogP contribution < -0.4 is 4.90 Å². The van der Waals surface area contributed by atoms with Gasteiger partial charge in [-0.15, -0.1) is 0 Å². The summed E-state index contributed by atoms with van der Waals surface area (Å²) in [4.78, 5) is 21.2. The monoisotopic (exact) mass is 308 g/mol. The van der Waals surface area contributed by atoms with Gasteiger partial charge in [-0.2, -0.15) is 0 Å². The van der Waals surface area contributed by atoms with Crippen LogP contribution in [-0.4, -0.2) is 42.0 Å². The number of anilines is 1. The minimum atomic E-state index is 0.0660.